The Labute approximate surface area is 344 Å². The first kappa shape index (κ1) is 53.3. The maximum Gasteiger partial charge on any atom is 0.362 e. The minimum Gasteiger partial charge on any atom is -0.477 e. The molecular formula is C48H86NO7+. The van der Waals surface area contributed by atoms with Crippen molar-refractivity contribution in [2.24, 2.45) is 0 Å². The third-order valence-electron chi connectivity index (χ3n) is 9.95. The van der Waals surface area contributed by atoms with Gasteiger partial charge in [-0.3, -0.25) is 9.59 Å². The maximum atomic E-state index is 12.7. The van der Waals surface area contributed by atoms with E-state index < -0.39 is 18.1 Å². The van der Waals surface area contributed by atoms with Crippen LogP contribution < -0.4 is 0 Å². The molecule has 0 aliphatic carbocycles. The number of ether oxygens (including phenoxy) is 3. The molecule has 8 heteroatoms. The Morgan fingerprint density at radius 3 is 1.38 bits per heavy atom. The highest BCUT2D eigenvalue weighted by Gasteiger charge is 2.31. The van der Waals surface area contributed by atoms with Crippen LogP contribution in [-0.2, 0) is 28.6 Å². The molecule has 2 atom stereocenters. The van der Waals surface area contributed by atoms with Crippen LogP contribution in [0.3, 0.4) is 0 Å². The SMILES string of the molecule is CCCCCC/C=C\C/C=C\CCCCCCCC(=O)OCC(COCCC(C(=O)O)[N+](C)(C)C)OC(=O)CCCCCCC/C=C\C/C=C\CCCCCC. The summed E-state index contributed by atoms with van der Waals surface area (Å²) in [6.07, 6.45) is 45.7. The van der Waals surface area contributed by atoms with Crippen LogP contribution in [0, 0.1) is 0 Å². The lowest BCUT2D eigenvalue weighted by molar-refractivity contribution is -0.887. The van der Waals surface area contributed by atoms with Gasteiger partial charge in [0.05, 0.1) is 34.4 Å². The van der Waals surface area contributed by atoms with E-state index in [-0.39, 0.29) is 36.2 Å². The fourth-order valence-electron chi connectivity index (χ4n) is 6.39. The van der Waals surface area contributed by atoms with Gasteiger partial charge in [0.2, 0.25) is 0 Å². The number of hydrogen-bond acceptors (Lipinski definition) is 6. The van der Waals surface area contributed by atoms with E-state index in [1.54, 1.807) is 0 Å². The van der Waals surface area contributed by atoms with Gasteiger partial charge >= 0.3 is 17.9 Å². The number of carboxylic acids is 1. The number of carbonyl (C=O) groups excluding carboxylic acids is 2. The van der Waals surface area contributed by atoms with E-state index in [1.165, 1.54) is 64.2 Å². The van der Waals surface area contributed by atoms with Crippen molar-refractivity contribution in [2.45, 2.75) is 199 Å². The number of carbonyl (C=O) groups is 3. The highest BCUT2D eigenvalue weighted by Crippen LogP contribution is 2.13. The van der Waals surface area contributed by atoms with Crippen molar-refractivity contribution in [3.63, 3.8) is 0 Å². The molecule has 0 radical (unpaired) electrons. The van der Waals surface area contributed by atoms with E-state index in [4.69, 9.17) is 14.2 Å². The number of rotatable bonds is 40. The second kappa shape index (κ2) is 39.1. The Balaban J connectivity index is 4.39. The highest BCUT2D eigenvalue weighted by molar-refractivity contribution is 5.72. The van der Waals surface area contributed by atoms with Gasteiger partial charge in [-0.1, -0.05) is 140 Å². The third kappa shape index (κ3) is 36.9. The van der Waals surface area contributed by atoms with E-state index >= 15 is 0 Å². The second-order valence-corrected chi connectivity index (χ2v) is 16.3. The summed E-state index contributed by atoms with van der Waals surface area (Å²) in [5.74, 6) is -1.50. The van der Waals surface area contributed by atoms with Crippen LogP contribution >= 0.6 is 0 Å². The van der Waals surface area contributed by atoms with Gasteiger partial charge in [0.15, 0.2) is 12.1 Å². The van der Waals surface area contributed by atoms with Gasteiger partial charge in [-0.05, 0) is 77.0 Å². The molecule has 0 aromatic carbocycles. The molecule has 0 bridgehead atoms. The third-order valence-corrected chi connectivity index (χ3v) is 9.95. The van der Waals surface area contributed by atoms with Gasteiger partial charge in [0, 0.05) is 19.3 Å². The zero-order valence-electron chi connectivity index (χ0n) is 36.8. The molecule has 0 spiro atoms. The molecule has 0 amide bonds. The molecule has 56 heavy (non-hydrogen) atoms. The first-order chi connectivity index (χ1) is 27.1. The van der Waals surface area contributed by atoms with E-state index in [2.05, 4.69) is 62.5 Å². The Morgan fingerprint density at radius 1 is 0.536 bits per heavy atom. The molecule has 0 rings (SSSR count). The molecule has 0 saturated carbocycles. The number of nitrogens with zero attached hydrogens (tertiary/aromatic N) is 1. The van der Waals surface area contributed by atoms with Gasteiger partial charge in [0.1, 0.15) is 6.61 Å². The van der Waals surface area contributed by atoms with Crippen LogP contribution in [0.4, 0.5) is 0 Å². The lowest BCUT2D eigenvalue weighted by Gasteiger charge is -2.31. The van der Waals surface area contributed by atoms with E-state index in [0.717, 1.165) is 89.9 Å². The normalized spacial score (nSPS) is 13.4. The summed E-state index contributed by atoms with van der Waals surface area (Å²) in [7, 11) is 5.52. The average molecular weight is 789 g/mol. The predicted octanol–water partition coefficient (Wildman–Crippen LogP) is 12.4. The summed E-state index contributed by atoms with van der Waals surface area (Å²) in [5, 5.41) is 9.62. The molecule has 0 aliphatic heterocycles. The lowest BCUT2D eigenvalue weighted by atomic mass is 10.1. The van der Waals surface area contributed by atoms with Crippen molar-refractivity contribution in [1.82, 2.24) is 0 Å². The summed E-state index contributed by atoms with van der Waals surface area (Å²) in [6, 6.07) is -0.620. The minimum absolute atomic E-state index is 0.0501. The molecule has 0 heterocycles. The van der Waals surface area contributed by atoms with Crippen molar-refractivity contribution >= 4 is 17.9 Å². The summed E-state index contributed by atoms with van der Waals surface area (Å²) in [5.41, 5.74) is 0. The molecule has 0 saturated heterocycles. The molecule has 8 nitrogen and oxygen atoms in total. The smallest absolute Gasteiger partial charge is 0.362 e. The van der Waals surface area contributed by atoms with Gasteiger partial charge in [0.25, 0.3) is 0 Å². The quantitative estimate of drug-likeness (QED) is 0.0286. The van der Waals surface area contributed by atoms with Crippen LogP contribution in [0.25, 0.3) is 0 Å². The van der Waals surface area contributed by atoms with Crippen LogP contribution in [0.5, 0.6) is 0 Å². The van der Waals surface area contributed by atoms with E-state index in [0.29, 0.717) is 19.3 Å². The summed E-state index contributed by atoms with van der Waals surface area (Å²) < 4.78 is 17.3. The lowest BCUT2D eigenvalue weighted by Crippen LogP contribution is -2.50. The molecule has 2 unspecified atom stereocenters. The topological polar surface area (TPSA) is 99.1 Å². The number of quaternary nitrogens is 1. The Morgan fingerprint density at radius 2 is 0.946 bits per heavy atom. The molecule has 0 aliphatic rings. The molecule has 0 aromatic heterocycles. The monoisotopic (exact) mass is 789 g/mol. The maximum absolute atomic E-state index is 12.7. The molecule has 0 aromatic rings. The van der Waals surface area contributed by atoms with Gasteiger partial charge in [-0.2, -0.15) is 0 Å². The first-order valence-electron chi connectivity index (χ1n) is 22.7. The largest absolute Gasteiger partial charge is 0.477 e. The molecule has 324 valence electrons. The zero-order chi connectivity index (χ0) is 41.4. The van der Waals surface area contributed by atoms with Crippen LogP contribution in [0.2, 0.25) is 0 Å². The number of allylic oxidation sites excluding steroid dienone is 8. The second-order valence-electron chi connectivity index (χ2n) is 16.3. The van der Waals surface area contributed by atoms with E-state index in [9.17, 15) is 19.5 Å². The van der Waals surface area contributed by atoms with Crippen molar-refractivity contribution in [2.75, 3.05) is 41.0 Å². The van der Waals surface area contributed by atoms with Gasteiger partial charge < -0.3 is 23.8 Å². The van der Waals surface area contributed by atoms with E-state index in [1.807, 2.05) is 21.1 Å². The Kier molecular flexibility index (Phi) is 37.2. The Bertz CT molecular complexity index is 1060. The summed E-state index contributed by atoms with van der Waals surface area (Å²) in [4.78, 5) is 37.0. The summed E-state index contributed by atoms with van der Waals surface area (Å²) >= 11 is 0. The fourth-order valence-corrected chi connectivity index (χ4v) is 6.39. The van der Waals surface area contributed by atoms with Crippen LogP contribution in [-0.4, -0.2) is 80.6 Å². The average Bonchev–Trinajstić information content (AvgIpc) is 3.15. The van der Waals surface area contributed by atoms with Gasteiger partial charge in [-0.15, -0.1) is 0 Å². The van der Waals surface area contributed by atoms with Gasteiger partial charge in [-0.25, -0.2) is 4.79 Å². The van der Waals surface area contributed by atoms with Crippen molar-refractivity contribution in [3.05, 3.63) is 48.6 Å². The number of esters is 2. The highest BCUT2D eigenvalue weighted by atomic mass is 16.6. The fraction of sp³-hybridized carbons (Fsp3) is 0.771. The number of unbranched alkanes of at least 4 members (excludes halogenated alkanes) is 18. The van der Waals surface area contributed by atoms with Crippen molar-refractivity contribution < 1.29 is 38.2 Å². The Hall–Kier alpha value is -2.71. The molecule has 1 N–H and O–H groups in total. The minimum atomic E-state index is -0.880. The summed E-state index contributed by atoms with van der Waals surface area (Å²) in [6.45, 7) is 4.67. The zero-order valence-corrected chi connectivity index (χ0v) is 36.8. The first-order valence-corrected chi connectivity index (χ1v) is 22.7. The van der Waals surface area contributed by atoms with Crippen molar-refractivity contribution in [1.29, 1.82) is 0 Å². The number of hydrogen-bond donors (Lipinski definition) is 1. The number of likely N-dealkylation sites (N-methyl/N-ethyl adjacent to an activating group) is 1. The van der Waals surface area contributed by atoms with Crippen LogP contribution in [0.15, 0.2) is 48.6 Å². The van der Waals surface area contributed by atoms with Crippen molar-refractivity contribution in [3.8, 4) is 0 Å². The number of aliphatic carboxylic acids is 1. The molecular weight excluding hydrogens is 703 g/mol. The molecule has 0 fully saturated rings. The predicted molar refractivity (Wildman–Crippen MR) is 234 cm³/mol. The standard InChI is InChI=1S/C48H85NO7/c1-6-8-10-12-14-16-18-20-22-24-26-28-30-32-34-36-38-46(50)55-43-44(42-54-41-40-45(48(52)53)49(3,4)5)56-47(51)39-37-35-33-31-29-27-25-23-21-19-17-15-13-11-9-7-2/h16-19,22-25,44-45H,6-15,20-21,26-43H2,1-5H3/p+1/b18-16-,19-17-,24-22-,25-23-. The number of carboxylic acid groups (broad SMARTS) is 1. The van der Waals surface area contributed by atoms with Crippen LogP contribution in [0.1, 0.15) is 187 Å².